The lowest BCUT2D eigenvalue weighted by atomic mass is 10.0. The molecular formula is C30H24Cl3N3O3. The van der Waals surface area contributed by atoms with E-state index in [1.54, 1.807) is 54.4 Å². The second-order valence-corrected chi connectivity index (χ2v) is 9.85. The molecule has 0 saturated heterocycles. The molecule has 1 aliphatic heterocycles. The molecule has 1 heterocycles. The van der Waals surface area contributed by atoms with E-state index in [-0.39, 0.29) is 18.9 Å². The zero-order chi connectivity index (χ0) is 27.9. The van der Waals surface area contributed by atoms with Crippen molar-refractivity contribution < 1.29 is 14.7 Å². The minimum absolute atomic E-state index is 0.0282. The van der Waals surface area contributed by atoms with Crippen molar-refractivity contribution in [1.82, 2.24) is 0 Å². The summed E-state index contributed by atoms with van der Waals surface area (Å²) in [7, 11) is 1.76. The van der Waals surface area contributed by atoms with Gasteiger partial charge in [-0.25, -0.2) is 0 Å². The summed E-state index contributed by atoms with van der Waals surface area (Å²) >= 11 is 18.3. The summed E-state index contributed by atoms with van der Waals surface area (Å²) < 4.78 is 0. The standard InChI is InChI=1S/C16H13ClN2O.C14H11Cl2NO2/c1-19-14-8-7-12(17)9-13(14)16(18-10-15(19)20)11-5-3-2-4-6-11;15-10-5-3-6-11(16)14(10)17-12-7-2-1-4-9(12)8-13(18)19/h2-9H,10H2,1H3;1-7,17H,8H2,(H,18,19). The van der Waals surface area contributed by atoms with E-state index < -0.39 is 5.97 Å². The average Bonchev–Trinajstić information content (AvgIpc) is 3.03. The average molecular weight is 581 g/mol. The van der Waals surface area contributed by atoms with Crippen LogP contribution in [0, 0.1) is 0 Å². The van der Waals surface area contributed by atoms with Crippen molar-refractivity contribution in [3.8, 4) is 0 Å². The number of amides is 1. The molecule has 9 heteroatoms. The third-order valence-electron chi connectivity index (χ3n) is 5.95. The van der Waals surface area contributed by atoms with Crippen LogP contribution in [0.3, 0.4) is 0 Å². The predicted octanol–water partition coefficient (Wildman–Crippen LogP) is 7.52. The predicted molar refractivity (Wildman–Crippen MR) is 159 cm³/mol. The quantitative estimate of drug-likeness (QED) is 0.256. The van der Waals surface area contributed by atoms with Crippen LogP contribution in [0.5, 0.6) is 0 Å². The highest BCUT2D eigenvalue weighted by molar-refractivity contribution is 6.39. The normalized spacial score (nSPS) is 12.5. The van der Waals surface area contributed by atoms with Crippen LogP contribution in [-0.2, 0) is 16.0 Å². The largest absolute Gasteiger partial charge is 0.481 e. The third kappa shape index (κ3) is 6.98. The highest BCUT2D eigenvalue weighted by atomic mass is 35.5. The van der Waals surface area contributed by atoms with Crippen molar-refractivity contribution in [2.24, 2.45) is 4.99 Å². The van der Waals surface area contributed by atoms with Crippen molar-refractivity contribution in [2.75, 3.05) is 23.8 Å². The van der Waals surface area contributed by atoms with Gasteiger partial charge < -0.3 is 15.3 Å². The van der Waals surface area contributed by atoms with E-state index in [9.17, 15) is 9.59 Å². The summed E-state index contributed by atoms with van der Waals surface area (Å²) in [5, 5.41) is 13.6. The molecule has 2 N–H and O–H groups in total. The van der Waals surface area contributed by atoms with Gasteiger partial charge in [-0.05, 0) is 42.0 Å². The Balaban J connectivity index is 0.000000181. The molecule has 1 amide bonds. The van der Waals surface area contributed by atoms with Gasteiger partial charge in [0.15, 0.2) is 0 Å². The number of halogens is 3. The fraction of sp³-hybridized carbons (Fsp3) is 0.100. The number of rotatable bonds is 5. The molecule has 39 heavy (non-hydrogen) atoms. The van der Waals surface area contributed by atoms with Gasteiger partial charge in [-0.15, -0.1) is 0 Å². The molecule has 198 valence electrons. The Morgan fingerprint density at radius 3 is 2.28 bits per heavy atom. The van der Waals surface area contributed by atoms with Gasteiger partial charge in [-0.3, -0.25) is 14.6 Å². The number of para-hydroxylation sites is 2. The van der Waals surface area contributed by atoms with Crippen LogP contribution in [0.2, 0.25) is 15.1 Å². The molecule has 4 aromatic rings. The minimum atomic E-state index is -0.889. The lowest BCUT2D eigenvalue weighted by molar-refractivity contribution is -0.136. The summed E-state index contributed by atoms with van der Waals surface area (Å²) in [4.78, 5) is 29.0. The molecule has 4 aromatic carbocycles. The molecule has 0 radical (unpaired) electrons. The number of likely N-dealkylation sites (N-methyl/N-ethyl adjacent to an activating group) is 1. The SMILES string of the molecule is CN1C(=O)CN=C(c2ccccc2)c2cc(Cl)ccc21.O=C(O)Cc1ccccc1Nc1c(Cl)cccc1Cl. The van der Waals surface area contributed by atoms with Gasteiger partial charge in [0.05, 0.1) is 33.6 Å². The van der Waals surface area contributed by atoms with Crippen LogP contribution in [0.4, 0.5) is 17.1 Å². The van der Waals surface area contributed by atoms with E-state index >= 15 is 0 Å². The van der Waals surface area contributed by atoms with Crippen molar-refractivity contribution in [3.63, 3.8) is 0 Å². The first-order valence-corrected chi connectivity index (χ1v) is 13.0. The van der Waals surface area contributed by atoms with Gasteiger partial charge in [0.2, 0.25) is 5.91 Å². The maximum Gasteiger partial charge on any atom is 0.307 e. The highest BCUT2D eigenvalue weighted by Gasteiger charge is 2.22. The number of carboxylic acids is 1. The topological polar surface area (TPSA) is 82.0 Å². The number of hydrogen-bond acceptors (Lipinski definition) is 4. The third-order valence-corrected chi connectivity index (χ3v) is 6.82. The molecule has 0 saturated carbocycles. The summed E-state index contributed by atoms with van der Waals surface area (Å²) in [6, 6.07) is 27.7. The molecule has 0 bridgehead atoms. The number of nitrogens with zero attached hydrogens (tertiary/aromatic N) is 2. The number of aliphatic carboxylic acids is 1. The van der Waals surface area contributed by atoms with Crippen molar-refractivity contribution in [1.29, 1.82) is 0 Å². The molecule has 0 atom stereocenters. The maximum atomic E-state index is 12.0. The zero-order valence-corrected chi connectivity index (χ0v) is 23.1. The zero-order valence-electron chi connectivity index (χ0n) is 20.9. The van der Waals surface area contributed by atoms with Gasteiger partial charge >= 0.3 is 5.97 Å². The molecule has 0 fully saturated rings. The number of nitrogens with one attached hydrogen (secondary N) is 1. The molecule has 1 aliphatic rings. The fourth-order valence-corrected chi connectivity index (χ4v) is 4.68. The minimum Gasteiger partial charge on any atom is -0.481 e. The number of carbonyl (C=O) groups is 2. The van der Waals surface area contributed by atoms with Crippen LogP contribution >= 0.6 is 34.8 Å². The summed E-state index contributed by atoms with van der Waals surface area (Å²) in [6.07, 6.45) is -0.0642. The second-order valence-electron chi connectivity index (χ2n) is 8.59. The van der Waals surface area contributed by atoms with Crippen LogP contribution in [0.1, 0.15) is 16.7 Å². The fourth-order valence-electron chi connectivity index (χ4n) is 4.02. The molecular weight excluding hydrogens is 557 g/mol. The Bertz CT molecular complexity index is 1520. The van der Waals surface area contributed by atoms with Crippen LogP contribution in [-0.4, -0.2) is 36.3 Å². The van der Waals surface area contributed by atoms with Crippen molar-refractivity contribution in [2.45, 2.75) is 6.42 Å². The van der Waals surface area contributed by atoms with E-state index in [4.69, 9.17) is 39.9 Å². The number of aliphatic imine (C=N–C) groups is 1. The first-order valence-electron chi connectivity index (χ1n) is 11.9. The van der Waals surface area contributed by atoms with E-state index in [1.807, 2.05) is 48.5 Å². The van der Waals surface area contributed by atoms with Gasteiger partial charge in [0.1, 0.15) is 6.54 Å². The van der Waals surface area contributed by atoms with Gasteiger partial charge in [-0.2, -0.15) is 0 Å². The van der Waals surface area contributed by atoms with E-state index in [2.05, 4.69) is 10.3 Å². The number of carboxylic acid groups (broad SMARTS) is 1. The summed E-state index contributed by atoms with van der Waals surface area (Å²) in [5.41, 5.74) is 5.44. The highest BCUT2D eigenvalue weighted by Crippen LogP contribution is 2.33. The molecule has 0 aromatic heterocycles. The molecule has 0 unspecified atom stereocenters. The molecule has 0 spiro atoms. The maximum absolute atomic E-state index is 12.0. The molecule has 6 nitrogen and oxygen atoms in total. The number of benzene rings is 4. The first-order chi connectivity index (χ1) is 18.7. The lowest BCUT2D eigenvalue weighted by Gasteiger charge is -2.18. The van der Waals surface area contributed by atoms with Gasteiger partial charge in [-0.1, -0.05) is 89.4 Å². The number of carbonyl (C=O) groups excluding carboxylic acids is 1. The molecule has 0 aliphatic carbocycles. The van der Waals surface area contributed by atoms with Crippen LogP contribution in [0.15, 0.2) is 96.0 Å². The number of benzodiazepines with no additional fused rings is 1. The van der Waals surface area contributed by atoms with E-state index in [1.165, 1.54) is 0 Å². The second kappa shape index (κ2) is 12.8. The number of hydrogen-bond donors (Lipinski definition) is 2. The van der Waals surface area contributed by atoms with Crippen LogP contribution < -0.4 is 10.2 Å². The summed E-state index contributed by atoms with van der Waals surface area (Å²) in [6.45, 7) is 0.146. The monoisotopic (exact) mass is 579 g/mol. The molecule has 5 rings (SSSR count). The first kappa shape index (κ1) is 28.2. The van der Waals surface area contributed by atoms with Crippen LogP contribution in [0.25, 0.3) is 0 Å². The van der Waals surface area contributed by atoms with Crippen molar-refractivity contribution >= 4 is 69.5 Å². The van der Waals surface area contributed by atoms with Gasteiger partial charge in [0.25, 0.3) is 0 Å². The Labute approximate surface area is 241 Å². The Morgan fingerprint density at radius 1 is 0.923 bits per heavy atom. The number of anilines is 3. The Morgan fingerprint density at radius 2 is 1.59 bits per heavy atom. The number of fused-ring (bicyclic) bond motifs is 1. The van der Waals surface area contributed by atoms with E-state index in [0.29, 0.717) is 32.0 Å². The Kier molecular flexibility index (Phi) is 9.25. The smallest absolute Gasteiger partial charge is 0.307 e. The van der Waals surface area contributed by atoms with E-state index in [0.717, 1.165) is 22.5 Å². The lowest BCUT2D eigenvalue weighted by Crippen LogP contribution is -2.27. The van der Waals surface area contributed by atoms with Crippen molar-refractivity contribution in [3.05, 3.63) is 123 Å². The summed E-state index contributed by atoms with van der Waals surface area (Å²) in [5.74, 6) is -0.918. The Hall–Kier alpha value is -3.84. The van der Waals surface area contributed by atoms with Gasteiger partial charge in [0, 0.05) is 28.9 Å².